The number of methoxy groups -OCH3 is 1. The minimum atomic E-state index is -0.0852. The molecule has 1 unspecified atom stereocenters. The van der Waals surface area contributed by atoms with Gasteiger partial charge in [0.25, 0.3) is 5.91 Å². The second kappa shape index (κ2) is 9.68. The van der Waals surface area contributed by atoms with Crippen molar-refractivity contribution in [2.24, 2.45) is 5.92 Å². The summed E-state index contributed by atoms with van der Waals surface area (Å²) in [4.78, 5) is 14.8. The molecule has 28 heavy (non-hydrogen) atoms. The molecule has 2 heterocycles. The van der Waals surface area contributed by atoms with Crippen molar-refractivity contribution < 1.29 is 9.53 Å². The van der Waals surface area contributed by atoms with E-state index in [4.69, 9.17) is 4.74 Å². The van der Waals surface area contributed by atoms with Crippen LogP contribution in [-0.2, 0) is 19.4 Å². The van der Waals surface area contributed by atoms with Gasteiger partial charge in [-0.25, -0.2) is 0 Å². The van der Waals surface area contributed by atoms with Crippen LogP contribution in [0.4, 0.5) is 0 Å². The van der Waals surface area contributed by atoms with Gasteiger partial charge < -0.3 is 19.5 Å². The van der Waals surface area contributed by atoms with E-state index < -0.39 is 0 Å². The summed E-state index contributed by atoms with van der Waals surface area (Å²) in [6, 6.07) is 7.11. The molecule has 1 aliphatic rings. The second-order valence-electron chi connectivity index (χ2n) is 7.48. The zero-order chi connectivity index (χ0) is 19.9. The first kappa shape index (κ1) is 20.3. The number of ether oxygens (including phenoxy) is 1. The van der Waals surface area contributed by atoms with Crippen molar-refractivity contribution in [3.63, 3.8) is 0 Å². The summed E-state index contributed by atoms with van der Waals surface area (Å²) in [5.41, 5.74) is 0.626. The maximum atomic E-state index is 12.3. The van der Waals surface area contributed by atoms with Crippen molar-refractivity contribution in [2.75, 3.05) is 33.3 Å². The van der Waals surface area contributed by atoms with E-state index in [9.17, 15) is 4.79 Å². The van der Waals surface area contributed by atoms with E-state index in [1.807, 2.05) is 0 Å². The molecule has 0 saturated heterocycles. The first-order chi connectivity index (χ1) is 13.6. The van der Waals surface area contributed by atoms with Gasteiger partial charge in [0.05, 0.1) is 7.11 Å². The van der Waals surface area contributed by atoms with E-state index in [0.717, 1.165) is 55.9 Å². The molecule has 1 amide bonds. The summed E-state index contributed by atoms with van der Waals surface area (Å²) in [5.74, 6) is 3.39. The van der Waals surface area contributed by atoms with Gasteiger partial charge in [0.15, 0.2) is 0 Å². The molecule has 0 spiro atoms. The lowest BCUT2D eigenvalue weighted by atomic mass is 10.1. The highest BCUT2D eigenvalue weighted by Gasteiger charge is 2.19. The number of nitrogens with zero attached hydrogens (tertiary/aromatic N) is 4. The quantitative estimate of drug-likeness (QED) is 0.754. The highest BCUT2D eigenvalue weighted by Crippen LogP contribution is 2.13. The van der Waals surface area contributed by atoms with E-state index in [2.05, 4.69) is 38.8 Å². The average molecular weight is 386 g/mol. The summed E-state index contributed by atoms with van der Waals surface area (Å²) in [7, 11) is 1.61. The third kappa shape index (κ3) is 5.10. The highest BCUT2D eigenvalue weighted by molar-refractivity contribution is 5.94. The lowest BCUT2D eigenvalue weighted by molar-refractivity contribution is 0.0954. The molecule has 0 aliphatic carbocycles. The number of carbonyl (C=O) groups excluding carboxylic acids is 1. The molecule has 1 atom stereocenters. The predicted octanol–water partition coefficient (Wildman–Crippen LogP) is 2.16. The van der Waals surface area contributed by atoms with E-state index in [-0.39, 0.29) is 5.91 Å². The topological polar surface area (TPSA) is 72.3 Å². The standard InChI is InChI=1S/C21H31N5O2/c1-4-16(2)15-25-12-10-20-24-23-19(26(20)14-13-25)9-11-22-21(27)17-5-7-18(28-3)8-6-17/h5-8,16H,4,9-15H2,1-3H3,(H,22,27). The third-order valence-corrected chi connectivity index (χ3v) is 5.45. The lowest BCUT2D eigenvalue weighted by Gasteiger charge is -2.22. The molecule has 1 N–H and O–H groups in total. The molecule has 0 fully saturated rings. The smallest absolute Gasteiger partial charge is 0.251 e. The molecule has 0 saturated carbocycles. The summed E-state index contributed by atoms with van der Waals surface area (Å²) < 4.78 is 7.36. The molecular formula is C21H31N5O2. The number of amides is 1. The first-order valence-corrected chi connectivity index (χ1v) is 10.2. The van der Waals surface area contributed by atoms with Gasteiger partial charge in [-0.2, -0.15) is 0 Å². The van der Waals surface area contributed by atoms with Gasteiger partial charge in [0.2, 0.25) is 0 Å². The van der Waals surface area contributed by atoms with Crippen molar-refractivity contribution in [3.05, 3.63) is 41.5 Å². The Morgan fingerprint density at radius 2 is 2.00 bits per heavy atom. The van der Waals surface area contributed by atoms with Gasteiger partial charge in [-0.3, -0.25) is 4.79 Å². The van der Waals surface area contributed by atoms with Crippen LogP contribution < -0.4 is 10.1 Å². The molecule has 3 rings (SSSR count). The second-order valence-corrected chi connectivity index (χ2v) is 7.48. The van der Waals surface area contributed by atoms with Crippen LogP contribution in [0.25, 0.3) is 0 Å². The van der Waals surface area contributed by atoms with Crippen molar-refractivity contribution in [2.45, 2.75) is 39.7 Å². The number of hydrogen-bond donors (Lipinski definition) is 1. The fourth-order valence-electron chi connectivity index (χ4n) is 3.50. The minimum absolute atomic E-state index is 0.0852. The number of benzene rings is 1. The summed E-state index contributed by atoms with van der Waals surface area (Å²) in [5, 5.41) is 11.7. The molecule has 0 bridgehead atoms. The maximum Gasteiger partial charge on any atom is 0.251 e. The van der Waals surface area contributed by atoms with Crippen molar-refractivity contribution in [1.29, 1.82) is 0 Å². The van der Waals surface area contributed by atoms with Gasteiger partial charge in [-0.15, -0.1) is 10.2 Å². The summed E-state index contributed by atoms with van der Waals surface area (Å²) in [6.45, 7) is 9.22. The monoisotopic (exact) mass is 385 g/mol. The first-order valence-electron chi connectivity index (χ1n) is 10.2. The van der Waals surface area contributed by atoms with Gasteiger partial charge in [0.1, 0.15) is 17.4 Å². The predicted molar refractivity (Wildman–Crippen MR) is 109 cm³/mol. The molecular weight excluding hydrogens is 354 g/mol. The van der Waals surface area contributed by atoms with Gasteiger partial charge >= 0.3 is 0 Å². The average Bonchev–Trinajstić information content (AvgIpc) is 3.00. The van der Waals surface area contributed by atoms with Crippen LogP contribution in [0.15, 0.2) is 24.3 Å². The summed E-state index contributed by atoms with van der Waals surface area (Å²) in [6.07, 6.45) is 2.82. The Hall–Kier alpha value is -2.41. The molecule has 1 aromatic carbocycles. The SMILES string of the molecule is CCC(C)CN1CCc2nnc(CCNC(=O)c3ccc(OC)cc3)n2CC1. The zero-order valence-electron chi connectivity index (χ0n) is 17.1. The Bertz CT molecular complexity index is 772. The number of hydrogen-bond acceptors (Lipinski definition) is 5. The van der Waals surface area contributed by atoms with Gasteiger partial charge in [-0.05, 0) is 30.2 Å². The maximum absolute atomic E-state index is 12.3. The number of fused-ring (bicyclic) bond motifs is 1. The van der Waals surface area contributed by atoms with E-state index >= 15 is 0 Å². The normalized spacial score (nSPS) is 15.5. The van der Waals surface area contributed by atoms with Crippen LogP contribution in [0.3, 0.4) is 0 Å². The van der Waals surface area contributed by atoms with E-state index in [0.29, 0.717) is 18.5 Å². The van der Waals surface area contributed by atoms with Crippen LogP contribution in [0.2, 0.25) is 0 Å². The van der Waals surface area contributed by atoms with Gasteiger partial charge in [-0.1, -0.05) is 20.3 Å². The molecule has 7 heteroatoms. The number of carbonyl (C=O) groups is 1. The van der Waals surface area contributed by atoms with Crippen LogP contribution in [0.5, 0.6) is 5.75 Å². The lowest BCUT2D eigenvalue weighted by Crippen LogP contribution is -2.31. The van der Waals surface area contributed by atoms with Crippen LogP contribution in [0, 0.1) is 5.92 Å². The number of nitrogens with one attached hydrogen (secondary N) is 1. The van der Waals surface area contributed by atoms with Crippen LogP contribution in [0.1, 0.15) is 42.3 Å². The van der Waals surface area contributed by atoms with E-state index in [1.54, 1.807) is 31.4 Å². The fraction of sp³-hybridized carbons (Fsp3) is 0.571. The van der Waals surface area contributed by atoms with Gasteiger partial charge in [0, 0.05) is 51.1 Å². The fourth-order valence-corrected chi connectivity index (χ4v) is 3.50. The van der Waals surface area contributed by atoms with Crippen LogP contribution in [-0.4, -0.2) is 58.9 Å². The molecule has 7 nitrogen and oxygen atoms in total. The Labute approximate surface area is 167 Å². The van der Waals surface area contributed by atoms with Crippen molar-refractivity contribution in [1.82, 2.24) is 25.0 Å². The van der Waals surface area contributed by atoms with Crippen LogP contribution >= 0.6 is 0 Å². The molecule has 2 aromatic rings. The molecule has 152 valence electrons. The molecule has 1 aliphatic heterocycles. The zero-order valence-corrected chi connectivity index (χ0v) is 17.1. The largest absolute Gasteiger partial charge is 0.497 e. The van der Waals surface area contributed by atoms with Crippen molar-refractivity contribution >= 4 is 5.91 Å². The molecule has 0 radical (unpaired) electrons. The third-order valence-electron chi connectivity index (χ3n) is 5.45. The minimum Gasteiger partial charge on any atom is -0.497 e. The highest BCUT2D eigenvalue weighted by atomic mass is 16.5. The number of rotatable bonds is 8. The Kier molecular flexibility index (Phi) is 7.03. The Morgan fingerprint density at radius 1 is 1.21 bits per heavy atom. The molecule has 1 aromatic heterocycles. The van der Waals surface area contributed by atoms with Crippen molar-refractivity contribution in [3.8, 4) is 5.75 Å². The Morgan fingerprint density at radius 3 is 2.71 bits per heavy atom. The number of aromatic nitrogens is 3. The Balaban J connectivity index is 1.51. The van der Waals surface area contributed by atoms with E-state index in [1.165, 1.54) is 6.42 Å². The summed E-state index contributed by atoms with van der Waals surface area (Å²) >= 11 is 0.